The molecule has 2 heterocycles. The number of aromatic nitrogens is 1. The zero-order chi connectivity index (χ0) is 25.2. The van der Waals surface area contributed by atoms with Crippen molar-refractivity contribution in [3.05, 3.63) is 70.9 Å². The van der Waals surface area contributed by atoms with Crippen LogP contribution in [-0.2, 0) is 6.54 Å². The van der Waals surface area contributed by atoms with Gasteiger partial charge in [0.05, 0.1) is 20.3 Å². The predicted molar refractivity (Wildman–Crippen MR) is 135 cm³/mol. The molecule has 186 valence electrons. The molecule has 8 nitrogen and oxygen atoms in total. The highest BCUT2D eigenvalue weighted by molar-refractivity contribution is 6.31. The minimum Gasteiger partial charge on any atom is -0.497 e. The van der Waals surface area contributed by atoms with E-state index in [-0.39, 0.29) is 32.2 Å². The Morgan fingerprint density at radius 2 is 1.89 bits per heavy atom. The van der Waals surface area contributed by atoms with Gasteiger partial charge in [-0.25, -0.2) is 4.79 Å². The number of benzene rings is 3. The molecule has 36 heavy (non-hydrogen) atoms. The third-order valence-electron chi connectivity index (χ3n) is 6.06. The van der Waals surface area contributed by atoms with Crippen LogP contribution >= 0.6 is 11.6 Å². The summed E-state index contributed by atoms with van der Waals surface area (Å²) in [7, 11) is 1.55. The van der Waals surface area contributed by atoms with Crippen LogP contribution in [0.4, 0.5) is 0 Å². The fourth-order valence-electron chi connectivity index (χ4n) is 4.42. The Morgan fingerprint density at radius 1 is 1.11 bits per heavy atom. The number of aliphatic hydroxyl groups excluding tert-OH is 1. The lowest BCUT2D eigenvalue weighted by molar-refractivity contribution is 0.0687. The summed E-state index contributed by atoms with van der Waals surface area (Å²) in [5.74, 6) is 1.08. The van der Waals surface area contributed by atoms with Crippen LogP contribution in [0.15, 0.2) is 54.6 Å². The number of fused-ring (bicyclic) bond motifs is 2. The first-order chi connectivity index (χ1) is 17.5. The molecule has 0 aliphatic carbocycles. The Labute approximate surface area is 212 Å². The number of nitrogens with zero attached hydrogens (tertiary/aromatic N) is 1. The fraction of sp³-hybridized carbons (Fsp3) is 0.222. The summed E-state index contributed by atoms with van der Waals surface area (Å²) in [6.07, 6.45) is 0.437. The summed E-state index contributed by atoms with van der Waals surface area (Å²) in [6, 6.07) is 16.2. The van der Waals surface area contributed by atoms with Crippen LogP contribution in [0, 0.1) is 0 Å². The SMILES string of the molecule is COc1ccc(-c2c(C(=O)O)n(Cc3cc4c(cc3Cl)OCO4)c3ccccc23)c(OCCCO)c1. The van der Waals surface area contributed by atoms with Gasteiger partial charge in [0.15, 0.2) is 11.5 Å². The molecule has 0 atom stereocenters. The number of hydrogen-bond acceptors (Lipinski definition) is 6. The number of carbonyl (C=O) groups is 1. The monoisotopic (exact) mass is 509 g/mol. The lowest BCUT2D eigenvalue weighted by Gasteiger charge is -2.14. The fourth-order valence-corrected chi connectivity index (χ4v) is 4.63. The van der Waals surface area contributed by atoms with Gasteiger partial charge in [-0.05, 0) is 29.8 Å². The van der Waals surface area contributed by atoms with E-state index in [2.05, 4.69) is 0 Å². The highest BCUT2D eigenvalue weighted by Crippen LogP contribution is 2.43. The van der Waals surface area contributed by atoms with E-state index in [0.717, 1.165) is 10.9 Å². The maximum Gasteiger partial charge on any atom is 0.353 e. The number of ether oxygens (including phenoxy) is 4. The van der Waals surface area contributed by atoms with Crippen LogP contribution in [0.25, 0.3) is 22.0 Å². The molecule has 1 aliphatic rings. The summed E-state index contributed by atoms with van der Waals surface area (Å²) >= 11 is 6.54. The Kier molecular flexibility index (Phi) is 6.63. The molecule has 0 saturated heterocycles. The van der Waals surface area contributed by atoms with Gasteiger partial charge in [-0.15, -0.1) is 0 Å². The van der Waals surface area contributed by atoms with Crippen molar-refractivity contribution < 1.29 is 34.0 Å². The van der Waals surface area contributed by atoms with Gasteiger partial charge in [0, 0.05) is 52.2 Å². The molecule has 1 aromatic heterocycles. The van der Waals surface area contributed by atoms with Crippen LogP contribution in [0.5, 0.6) is 23.0 Å². The van der Waals surface area contributed by atoms with Gasteiger partial charge < -0.3 is 33.7 Å². The molecule has 0 saturated carbocycles. The molecule has 0 fully saturated rings. The summed E-state index contributed by atoms with van der Waals surface area (Å²) in [5, 5.41) is 20.8. The first kappa shape index (κ1) is 23.8. The van der Waals surface area contributed by atoms with Gasteiger partial charge in [0.25, 0.3) is 0 Å². The van der Waals surface area contributed by atoms with Crippen LogP contribution in [0.3, 0.4) is 0 Å². The molecule has 0 bridgehead atoms. The minimum absolute atomic E-state index is 0.0186. The van der Waals surface area contributed by atoms with Crippen molar-refractivity contribution in [2.24, 2.45) is 0 Å². The molecule has 0 unspecified atom stereocenters. The molecule has 5 rings (SSSR count). The molecule has 0 amide bonds. The molecule has 3 aromatic carbocycles. The molecule has 4 aromatic rings. The zero-order valence-electron chi connectivity index (χ0n) is 19.5. The van der Waals surface area contributed by atoms with E-state index in [9.17, 15) is 15.0 Å². The van der Waals surface area contributed by atoms with Crippen molar-refractivity contribution in [1.82, 2.24) is 4.57 Å². The van der Waals surface area contributed by atoms with E-state index in [4.69, 9.17) is 30.5 Å². The average Bonchev–Trinajstić information content (AvgIpc) is 3.46. The Hall–Kier alpha value is -3.88. The van der Waals surface area contributed by atoms with Gasteiger partial charge >= 0.3 is 5.97 Å². The highest BCUT2D eigenvalue weighted by Gasteiger charge is 2.27. The first-order valence-electron chi connectivity index (χ1n) is 11.4. The second-order valence-corrected chi connectivity index (χ2v) is 8.62. The molecule has 2 N–H and O–H groups in total. The number of methoxy groups -OCH3 is 1. The van der Waals surface area contributed by atoms with Crippen molar-refractivity contribution in [2.45, 2.75) is 13.0 Å². The number of hydrogen-bond donors (Lipinski definition) is 2. The van der Waals surface area contributed by atoms with E-state index >= 15 is 0 Å². The van der Waals surface area contributed by atoms with Gasteiger partial charge in [-0.1, -0.05) is 29.8 Å². The summed E-state index contributed by atoms with van der Waals surface area (Å²) in [4.78, 5) is 12.7. The lowest BCUT2D eigenvalue weighted by Crippen LogP contribution is -2.11. The van der Waals surface area contributed by atoms with Crippen molar-refractivity contribution in [3.8, 4) is 34.1 Å². The smallest absolute Gasteiger partial charge is 0.353 e. The largest absolute Gasteiger partial charge is 0.497 e. The standard InChI is InChI=1S/C27H24ClNO7/c1-33-17-7-8-19(22(12-17)34-10-4-9-30)25-18-5-2-3-6-21(18)29(26(25)27(31)32)14-16-11-23-24(13-20(16)28)36-15-35-23/h2-3,5-8,11-13,30H,4,9-10,14-15H2,1H3,(H,31,32). The minimum atomic E-state index is -1.09. The van der Waals surface area contributed by atoms with Crippen molar-refractivity contribution in [1.29, 1.82) is 0 Å². The van der Waals surface area contributed by atoms with E-state index in [1.807, 2.05) is 24.3 Å². The summed E-state index contributed by atoms with van der Waals surface area (Å²) < 4.78 is 24.0. The third kappa shape index (κ3) is 4.29. The molecule has 0 spiro atoms. The second kappa shape index (κ2) is 10.0. The van der Waals surface area contributed by atoms with Crippen molar-refractivity contribution >= 4 is 28.5 Å². The Balaban J connectivity index is 1.71. The number of aromatic carboxylic acids is 1. The van der Waals surface area contributed by atoms with Gasteiger partial charge in [0.2, 0.25) is 6.79 Å². The van der Waals surface area contributed by atoms with E-state index in [0.29, 0.717) is 51.1 Å². The number of carboxylic acid groups (broad SMARTS) is 1. The van der Waals surface area contributed by atoms with E-state index in [1.54, 1.807) is 42.0 Å². The topological polar surface area (TPSA) is 99.4 Å². The molecule has 0 radical (unpaired) electrons. The van der Waals surface area contributed by atoms with Gasteiger partial charge in [-0.3, -0.25) is 0 Å². The number of rotatable bonds is 9. The number of carboxylic acids is 1. The summed E-state index contributed by atoms with van der Waals surface area (Å²) in [6.45, 7) is 0.566. The van der Waals surface area contributed by atoms with Crippen LogP contribution < -0.4 is 18.9 Å². The number of aliphatic hydroxyl groups is 1. The molecular weight excluding hydrogens is 486 g/mol. The molecule has 9 heteroatoms. The maximum atomic E-state index is 12.7. The lowest BCUT2D eigenvalue weighted by atomic mass is 10.0. The van der Waals surface area contributed by atoms with E-state index in [1.165, 1.54) is 0 Å². The van der Waals surface area contributed by atoms with E-state index < -0.39 is 5.97 Å². The molecule has 1 aliphatic heterocycles. The third-order valence-corrected chi connectivity index (χ3v) is 6.41. The Morgan fingerprint density at radius 3 is 2.64 bits per heavy atom. The number of para-hydroxylation sites is 1. The van der Waals surface area contributed by atoms with Gasteiger partial charge in [-0.2, -0.15) is 0 Å². The van der Waals surface area contributed by atoms with Gasteiger partial charge in [0.1, 0.15) is 17.2 Å². The zero-order valence-corrected chi connectivity index (χ0v) is 20.2. The first-order valence-corrected chi connectivity index (χ1v) is 11.7. The van der Waals surface area contributed by atoms with Crippen LogP contribution in [-0.4, -0.2) is 47.9 Å². The maximum absolute atomic E-state index is 12.7. The van der Waals surface area contributed by atoms with Crippen LogP contribution in [0.1, 0.15) is 22.5 Å². The average molecular weight is 510 g/mol. The quantitative estimate of drug-likeness (QED) is 0.299. The van der Waals surface area contributed by atoms with Crippen LogP contribution in [0.2, 0.25) is 5.02 Å². The summed E-state index contributed by atoms with van der Waals surface area (Å²) in [5.41, 5.74) is 2.66. The normalized spacial score (nSPS) is 12.2. The molecular formula is C27H24ClNO7. The number of halogens is 1. The second-order valence-electron chi connectivity index (χ2n) is 8.22. The van der Waals surface area contributed by atoms with Crippen molar-refractivity contribution in [2.75, 3.05) is 27.1 Å². The predicted octanol–water partition coefficient (Wildman–Crippen LogP) is 5.21. The highest BCUT2D eigenvalue weighted by atomic mass is 35.5. The Bertz CT molecular complexity index is 1450. The van der Waals surface area contributed by atoms with Crippen molar-refractivity contribution in [3.63, 3.8) is 0 Å².